The van der Waals surface area contributed by atoms with Crippen LogP contribution in [-0.4, -0.2) is 17.9 Å². The standard InChI is InChI=1S/C8H13NO/c1-6-7(10)5-9-8(6)3-2-4-8/h6,9H,2-5H2,1H3. The van der Waals surface area contributed by atoms with Gasteiger partial charge in [-0.15, -0.1) is 0 Å². The van der Waals surface area contributed by atoms with Gasteiger partial charge >= 0.3 is 0 Å². The zero-order chi connectivity index (χ0) is 7.19. The lowest BCUT2D eigenvalue weighted by atomic mass is 9.70. The second-order valence-corrected chi connectivity index (χ2v) is 3.55. The van der Waals surface area contributed by atoms with Gasteiger partial charge in [0.05, 0.1) is 6.54 Å². The third kappa shape index (κ3) is 0.601. The highest BCUT2D eigenvalue weighted by atomic mass is 16.1. The number of ketones is 1. The third-order valence-electron chi connectivity index (χ3n) is 3.17. The number of carbonyl (C=O) groups is 1. The van der Waals surface area contributed by atoms with Gasteiger partial charge in [0.2, 0.25) is 0 Å². The highest BCUT2D eigenvalue weighted by Gasteiger charge is 2.48. The van der Waals surface area contributed by atoms with Crippen LogP contribution in [0.3, 0.4) is 0 Å². The predicted octanol–water partition coefficient (Wildman–Crippen LogP) is 0.718. The molecule has 1 atom stereocenters. The van der Waals surface area contributed by atoms with Crippen molar-refractivity contribution in [3.05, 3.63) is 0 Å². The Morgan fingerprint density at radius 3 is 2.50 bits per heavy atom. The molecule has 10 heavy (non-hydrogen) atoms. The molecule has 1 saturated heterocycles. The van der Waals surface area contributed by atoms with Crippen molar-refractivity contribution < 1.29 is 4.79 Å². The number of hydrogen-bond donors (Lipinski definition) is 1. The van der Waals surface area contributed by atoms with E-state index >= 15 is 0 Å². The Balaban J connectivity index is 2.17. The number of nitrogens with one attached hydrogen (secondary N) is 1. The van der Waals surface area contributed by atoms with E-state index in [1.165, 1.54) is 19.3 Å². The molecule has 2 fully saturated rings. The fourth-order valence-electron chi connectivity index (χ4n) is 2.04. The first-order valence-corrected chi connectivity index (χ1v) is 4.02. The minimum absolute atomic E-state index is 0.247. The largest absolute Gasteiger partial charge is 0.304 e. The maximum absolute atomic E-state index is 11.1. The molecule has 2 rings (SSSR count). The van der Waals surface area contributed by atoms with Gasteiger partial charge < -0.3 is 5.32 Å². The Kier molecular flexibility index (Phi) is 1.15. The van der Waals surface area contributed by atoms with E-state index in [9.17, 15) is 4.79 Å². The molecule has 0 amide bonds. The SMILES string of the molecule is CC1C(=O)CNC12CCC2. The summed E-state index contributed by atoms with van der Waals surface area (Å²) in [6, 6.07) is 0. The molecule has 1 N–H and O–H groups in total. The van der Waals surface area contributed by atoms with E-state index in [2.05, 4.69) is 12.2 Å². The predicted molar refractivity (Wildman–Crippen MR) is 38.8 cm³/mol. The van der Waals surface area contributed by atoms with Gasteiger partial charge in [-0.05, 0) is 19.3 Å². The van der Waals surface area contributed by atoms with Crippen LogP contribution in [0.4, 0.5) is 0 Å². The van der Waals surface area contributed by atoms with Gasteiger partial charge in [-0.25, -0.2) is 0 Å². The zero-order valence-electron chi connectivity index (χ0n) is 6.31. The molecular formula is C8H13NO. The number of carbonyl (C=O) groups excluding carboxylic acids is 1. The molecule has 0 bridgehead atoms. The van der Waals surface area contributed by atoms with Crippen LogP contribution < -0.4 is 5.32 Å². The summed E-state index contributed by atoms with van der Waals surface area (Å²) in [6.07, 6.45) is 3.71. The average molecular weight is 139 g/mol. The molecule has 2 nitrogen and oxygen atoms in total. The number of hydrogen-bond acceptors (Lipinski definition) is 2. The molecule has 0 aromatic rings. The van der Waals surface area contributed by atoms with Crippen LogP contribution in [0.2, 0.25) is 0 Å². The summed E-state index contributed by atoms with van der Waals surface area (Å²) in [6.45, 7) is 2.67. The van der Waals surface area contributed by atoms with E-state index in [1.54, 1.807) is 0 Å². The smallest absolute Gasteiger partial charge is 0.151 e. The Morgan fingerprint density at radius 1 is 1.60 bits per heavy atom. The third-order valence-corrected chi connectivity index (χ3v) is 3.17. The summed E-state index contributed by atoms with van der Waals surface area (Å²) in [4.78, 5) is 11.1. The van der Waals surface area contributed by atoms with Crippen molar-refractivity contribution in [1.82, 2.24) is 5.32 Å². The normalized spacial score (nSPS) is 36.5. The first-order chi connectivity index (χ1) is 4.75. The Hall–Kier alpha value is -0.370. The molecule has 1 unspecified atom stereocenters. The Bertz CT molecular complexity index is 172. The summed E-state index contributed by atoms with van der Waals surface area (Å²) in [5.41, 5.74) is 0.247. The first kappa shape index (κ1) is 6.35. The van der Waals surface area contributed by atoms with E-state index < -0.39 is 0 Å². The second-order valence-electron chi connectivity index (χ2n) is 3.55. The van der Waals surface area contributed by atoms with Crippen LogP contribution in [0.15, 0.2) is 0 Å². The first-order valence-electron chi connectivity index (χ1n) is 4.02. The van der Waals surface area contributed by atoms with E-state index in [0.29, 0.717) is 12.3 Å². The summed E-state index contributed by atoms with van der Waals surface area (Å²) in [5, 5.41) is 3.32. The lowest BCUT2D eigenvalue weighted by Crippen LogP contribution is -2.50. The van der Waals surface area contributed by atoms with Crippen LogP contribution in [0.1, 0.15) is 26.2 Å². The van der Waals surface area contributed by atoms with Crippen LogP contribution >= 0.6 is 0 Å². The summed E-state index contributed by atoms with van der Waals surface area (Å²) < 4.78 is 0. The molecule has 1 aliphatic carbocycles. The van der Waals surface area contributed by atoms with Crippen molar-refractivity contribution in [2.24, 2.45) is 5.92 Å². The molecule has 1 heterocycles. The lowest BCUT2D eigenvalue weighted by Gasteiger charge is -2.41. The zero-order valence-corrected chi connectivity index (χ0v) is 6.31. The second kappa shape index (κ2) is 1.82. The van der Waals surface area contributed by atoms with E-state index in [1.807, 2.05) is 0 Å². The van der Waals surface area contributed by atoms with E-state index in [0.717, 1.165) is 0 Å². The van der Waals surface area contributed by atoms with Crippen molar-refractivity contribution >= 4 is 5.78 Å². The topological polar surface area (TPSA) is 29.1 Å². The molecule has 56 valence electrons. The van der Waals surface area contributed by atoms with Crippen molar-refractivity contribution in [2.75, 3.05) is 6.54 Å². The maximum atomic E-state index is 11.1. The molecule has 1 spiro atoms. The van der Waals surface area contributed by atoms with Crippen LogP contribution in [0.25, 0.3) is 0 Å². The molecule has 1 aliphatic heterocycles. The fourth-order valence-corrected chi connectivity index (χ4v) is 2.04. The summed E-state index contributed by atoms with van der Waals surface area (Å²) in [7, 11) is 0. The minimum atomic E-state index is 0.247. The number of rotatable bonds is 0. The van der Waals surface area contributed by atoms with E-state index in [-0.39, 0.29) is 11.5 Å². The van der Waals surface area contributed by atoms with Gasteiger partial charge in [0.25, 0.3) is 0 Å². The number of Topliss-reactive ketones (excluding diaryl/α,β-unsaturated/α-hetero) is 1. The molecule has 0 aromatic heterocycles. The molecule has 2 heteroatoms. The van der Waals surface area contributed by atoms with Gasteiger partial charge in [-0.2, -0.15) is 0 Å². The lowest BCUT2D eigenvalue weighted by molar-refractivity contribution is -0.120. The monoisotopic (exact) mass is 139 g/mol. The molecule has 0 radical (unpaired) electrons. The summed E-state index contributed by atoms with van der Waals surface area (Å²) >= 11 is 0. The van der Waals surface area contributed by atoms with Crippen molar-refractivity contribution in [3.63, 3.8) is 0 Å². The van der Waals surface area contributed by atoms with Gasteiger partial charge in [0.1, 0.15) is 0 Å². The molecule has 1 saturated carbocycles. The Morgan fingerprint density at radius 2 is 2.30 bits per heavy atom. The highest BCUT2D eigenvalue weighted by molar-refractivity contribution is 5.86. The maximum Gasteiger partial charge on any atom is 0.151 e. The highest BCUT2D eigenvalue weighted by Crippen LogP contribution is 2.41. The fraction of sp³-hybridized carbons (Fsp3) is 0.875. The van der Waals surface area contributed by atoms with Crippen LogP contribution in [0, 0.1) is 5.92 Å². The minimum Gasteiger partial charge on any atom is -0.304 e. The van der Waals surface area contributed by atoms with Gasteiger partial charge in [-0.3, -0.25) is 4.79 Å². The quantitative estimate of drug-likeness (QED) is 0.535. The van der Waals surface area contributed by atoms with Crippen LogP contribution in [-0.2, 0) is 4.79 Å². The van der Waals surface area contributed by atoms with Gasteiger partial charge in [0, 0.05) is 11.5 Å². The average Bonchev–Trinajstić information content (AvgIpc) is 2.10. The molecular weight excluding hydrogens is 126 g/mol. The molecule has 0 aromatic carbocycles. The van der Waals surface area contributed by atoms with Gasteiger partial charge in [0.15, 0.2) is 5.78 Å². The van der Waals surface area contributed by atoms with Gasteiger partial charge in [-0.1, -0.05) is 6.92 Å². The molecule has 2 aliphatic rings. The van der Waals surface area contributed by atoms with Crippen molar-refractivity contribution in [3.8, 4) is 0 Å². The van der Waals surface area contributed by atoms with Crippen molar-refractivity contribution in [1.29, 1.82) is 0 Å². The van der Waals surface area contributed by atoms with Crippen LogP contribution in [0.5, 0.6) is 0 Å². The Labute approximate surface area is 61.0 Å². The van der Waals surface area contributed by atoms with Crippen molar-refractivity contribution in [2.45, 2.75) is 31.7 Å². The summed E-state index contributed by atoms with van der Waals surface area (Å²) in [5.74, 6) is 0.681. The van der Waals surface area contributed by atoms with E-state index in [4.69, 9.17) is 0 Å².